The largest absolute Gasteiger partial charge is 0.480 e. The minimum atomic E-state index is -0.167. The zero-order valence-corrected chi connectivity index (χ0v) is 11.9. The summed E-state index contributed by atoms with van der Waals surface area (Å²) < 4.78 is 5.85. The van der Waals surface area contributed by atoms with Crippen LogP contribution in [0.1, 0.15) is 25.1 Å². The maximum atomic E-state index is 10.9. The van der Waals surface area contributed by atoms with Crippen molar-refractivity contribution in [2.45, 2.75) is 31.5 Å². The zero-order valence-electron chi connectivity index (χ0n) is 11.1. The predicted octanol–water partition coefficient (Wildman–Crippen LogP) is 2.92. The van der Waals surface area contributed by atoms with E-state index in [1.807, 2.05) is 19.1 Å². The molecule has 102 valence electrons. The van der Waals surface area contributed by atoms with Gasteiger partial charge in [0.2, 0.25) is 0 Å². The summed E-state index contributed by atoms with van der Waals surface area (Å²) in [5.74, 6) is 1.61. The van der Waals surface area contributed by atoms with Gasteiger partial charge in [-0.1, -0.05) is 19.1 Å². The van der Waals surface area contributed by atoms with Crippen LogP contribution in [-0.4, -0.2) is 15.4 Å². The lowest BCUT2D eigenvalue weighted by molar-refractivity contribution is 0.307. The first kappa shape index (κ1) is 13.8. The molecule has 0 saturated heterocycles. The number of H-pyrrole nitrogens is 2. The van der Waals surface area contributed by atoms with Crippen molar-refractivity contribution < 1.29 is 4.74 Å². The quantitative estimate of drug-likeness (QED) is 0.799. The maximum absolute atomic E-state index is 10.9. The van der Waals surface area contributed by atoms with E-state index in [9.17, 15) is 4.79 Å². The van der Waals surface area contributed by atoms with Gasteiger partial charge in [-0.15, -0.1) is 11.8 Å². The fourth-order valence-electron chi connectivity index (χ4n) is 1.72. The Kier molecular flexibility index (Phi) is 4.74. The Morgan fingerprint density at radius 2 is 2.26 bits per heavy atom. The van der Waals surface area contributed by atoms with Gasteiger partial charge in [-0.3, -0.25) is 0 Å². The fourth-order valence-corrected chi connectivity index (χ4v) is 2.47. The van der Waals surface area contributed by atoms with Gasteiger partial charge in [-0.2, -0.15) is 0 Å². The summed E-state index contributed by atoms with van der Waals surface area (Å²) in [5, 5.41) is 0. The van der Waals surface area contributed by atoms with Crippen LogP contribution in [0.4, 0.5) is 0 Å². The third kappa shape index (κ3) is 4.21. The van der Waals surface area contributed by atoms with Gasteiger partial charge in [-0.25, -0.2) is 4.79 Å². The summed E-state index contributed by atoms with van der Waals surface area (Å²) in [5.41, 5.74) is 2.02. The average Bonchev–Trinajstić information content (AvgIpc) is 2.82. The number of aromatic nitrogens is 2. The van der Waals surface area contributed by atoms with E-state index in [4.69, 9.17) is 4.74 Å². The Balaban J connectivity index is 1.86. The van der Waals surface area contributed by atoms with E-state index in [0.29, 0.717) is 5.75 Å². The van der Waals surface area contributed by atoms with Gasteiger partial charge < -0.3 is 14.7 Å². The highest BCUT2D eigenvalue weighted by Crippen LogP contribution is 2.21. The number of rotatable bonds is 6. The first-order valence-electron chi connectivity index (χ1n) is 6.31. The van der Waals surface area contributed by atoms with Crippen LogP contribution in [0.25, 0.3) is 0 Å². The van der Waals surface area contributed by atoms with Crippen LogP contribution in [0.15, 0.2) is 35.3 Å². The third-order valence-corrected chi connectivity index (χ3v) is 3.78. The first-order chi connectivity index (χ1) is 9.17. The summed E-state index contributed by atoms with van der Waals surface area (Å²) in [6, 6.07) is 8.13. The molecule has 0 fully saturated rings. The number of imidazole rings is 1. The molecule has 0 amide bonds. The van der Waals surface area contributed by atoms with E-state index < -0.39 is 0 Å². The second-order valence-corrected chi connectivity index (χ2v) is 5.55. The second kappa shape index (κ2) is 6.52. The second-order valence-electron chi connectivity index (χ2n) is 4.27. The Hall–Kier alpha value is -1.62. The molecule has 0 saturated carbocycles. The molecule has 1 aromatic heterocycles. The highest BCUT2D eigenvalue weighted by atomic mass is 32.2. The van der Waals surface area contributed by atoms with Crippen LogP contribution < -0.4 is 10.4 Å². The Bertz CT molecular complexity index is 577. The number of aryl methyl sites for hydroxylation is 1. The average molecular weight is 278 g/mol. The molecule has 19 heavy (non-hydrogen) atoms. The Morgan fingerprint density at radius 1 is 1.42 bits per heavy atom. The summed E-state index contributed by atoms with van der Waals surface area (Å²) in [6.45, 7) is 4.13. The van der Waals surface area contributed by atoms with Gasteiger partial charge in [0.25, 0.3) is 0 Å². The third-order valence-electron chi connectivity index (χ3n) is 2.73. The normalized spacial score (nSPS) is 12.3. The van der Waals surface area contributed by atoms with Crippen LogP contribution >= 0.6 is 11.8 Å². The summed E-state index contributed by atoms with van der Waals surface area (Å²) in [7, 11) is 0. The molecule has 1 aromatic carbocycles. The highest BCUT2D eigenvalue weighted by molar-refractivity contribution is 7.98. The summed E-state index contributed by atoms with van der Waals surface area (Å²) in [6.07, 6.45) is 2.70. The van der Waals surface area contributed by atoms with E-state index in [1.165, 1.54) is 5.56 Å². The van der Waals surface area contributed by atoms with Gasteiger partial charge in [-0.05, 0) is 31.0 Å². The molecule has 1 unspecified atom stereocenters. The SMILES string of the molecule is CCc1cccc(OC(C)SCc2c[nH]c(=O)[nH]2)c1. The topological polar surface area (TPSA) is 57.9 Å². The maximum Gasteiger partial charge on any atom is 0.323 e. The summed E-state index contributed by atoms with van der Waals surface area (Å²) in [4.78, 5) is 16.3. The lowest BCUT2D eigenvalue weighted by atomic mass is 10.2. The molecule has 2 rings (SSSR count). The number of benzene rings is 1. The Morgan fingerprint density at radius 3 is 2.95 bits per heavy atom. The summed E-state index contributed by atoms with van der Waals surface area (Å²) >= 11 is 1.64. The van der Waals surface area contributed by atoms with Gasteiger partial charge in [0.1, 0.15) is 11.2 Å². The highest BCUT2D eigenvalue weighted by Gasteiger charge is 2.06. The lowest BCUT2D eigenvalue weighted by Gasteiger charge is -2.14. The molecule has 5 heteroatoms. The lowest BCUT2D eigenvalue weighted by Crippen LogP contribution is -2.08. The van der Waals surface area contributed by atoms with Gasteiger partial charge >= 0.3 is 5.69 Å². The van der Waals surface area contributed by atoms with Crippen molar-refractivity contribution in [1.82, 2.24) is 9.97 Å². The van der Waals surface area contributed by atoms with E-state index in [0.717, 1.165) is 17.9 Å². The minimum absolute atomic E-state index is 0.0329. The molecule has 4 nitrogen and oxygen atoms in total. The molecule has 2 N–H and O–H groups in total. The molecular formula is C14H18N2O2S. The molecule has 0 aliphatic rings. The number of aromatic amines is 2. The minimum Gasteiger partial charge on any atom is -0.480 e. The molecule has 1 heterocycles. The smallest absolute Gasteiger partial charge is 0.323 e. The fraction of sp³-hybridized carbons (Fsp3) is 0.357. The van der Waals surface area contributed by atoms with Crippen molar-refractivity contribution in [2.75, 3.05) is 0 Å². The van der Waals surface area contributed by atoms with Crippen LogP contribution in [0.5, 0.6) is 5.75 Å². The van der Waals surface area contributed by atoms with Crippen molar-refractivity contribution in [3.8, 4) is 5.75 Å². The van der Waals surface area contributed by atoms with Crippen LogP contribution in [0.2, 0.25) is 0 Å². The van der Waals surface area contributed by atoms with E-state index in [-0.39, 0.29) is 11.1 Å². The van der Waals surface area contributed by atoms with E-state index in [1.54, 1.807) is 18.0 Å². The molecule has 1 atom stereocenters. The number of ether oxygens (including phenoxy) is 1. The van der Waals surface area contributed by atoms with Crippen LogP contribution in [-0.2, 0) is 12.2 Å². The monoisotopic (exact) mass is 278 g/mol. The zero-order chi connectivity index (χ0) is 13.7. The van der Waals surface area contributed by atoms with Gasteiger partial charge in [0, 0.05) is 17.6 Å². The van der Waals surface area contributed by atoms with Crippen LogP contribution in [0.3, 0.4) is 0 Å². The molecular weight excluding hydrogens is 260 g/mol. The van der Waals surface area contributed by atoms with Crippen molar-refractivity contribution in [3.63, 3.8) is 0 Å². The van der Waals surface area contributed by atoms with Crippen molar-refractivity contribution in [3.05, 3.63) is 52.2 Å². The molecule has 0 radical (unpaired) electrons. The van der Waals surface area contributed by atoms with E-state index in [2.05, 4.69) is 29.0 Å². The van der Waals surface area contributed by atoms with Gasteiger partial charge in [0.15, 0.2) is 0 Å². The molecule has 0 bridgehead atoms. The van der Waals surface area contributed by atoms with Crippen LogP contribution in [0, 0.1) is 0 Å². The first-order valence-corrected chi connectivity index (χ1v) is 7.36. The van der Waals surface area contributed by atoms with Crippen molar-refractivity contribution in [1.29, 1.82) is 0 Å². The molecule has 2 aromatic rings. The standard InChI is InChI=1S/C14H18N2O2S/c1-3-11-5-4-6-13(7-11)18-10(2)19-9-12-8-15-14(17)16-12/h4-8,10H,3,9H2,1-2H3,(H2,15,16,17). The number of nitrogens with one attached hydrogen (secondary N) is 2. The van der Waals surface area contributed by atoms with E-state index >= 15 is 0 Å². The van der Waals surface area contributed by atoms with Gasteiger partial charge in [0.05, 0.1) is 0 Å². The number of hydrogen-bond acceptors (Lipinski definition) is 3. The molecule has 0 aliphatic carbocycles. The number of thioether (sulfide) groups is 1. The molecule has 0 spiro atoms. The molecule has 0 aliphatic heterocycles. The van der Waals surface area contributed by atoms with Crippen molar-refractivity contribution >= 4 is 11.8 Å². The Labute approximate surface area is 116 Å². The number of hydrogen-bond donors (Lipinski definition) is 2. The predicted molar refractivity (Wildman–Crippen MR) is 78.6 cm³/mol. The van der Waals surface area contributed by atoms with Crippen molar-refractivity contribution in [2.24, 2.45) is 0 Å².